The second kappa shape index (κ2) is 6.59. The van der Waals surface area contributed by atoms with Crippen molar-refractivity contribution < 1.29 is 23.8 Å². The number of carbonyl (C=O) groups excluding carboxylic acids is 2. The van der Waals surface area contributed by atoms with Gasteiger partial charge in [-0.25, -0.2) is 0 Å². The summed E-state index contributed by atoms with van der Waals surface area (Å²) in [6, 6.07) is 0. The molecule has 100 valence electrons. The molecule has 0 aromatic heterocycles. The molecule has 5 nitrogen and oxygen atoms in total. The smallest absolute Gasteiger partial charge is 0.312 e. The van der Waals surface area contributed by atoms with E-state index in [1.807, 2.05) is 13.8 Å². The summed E-state index contributed by atoms with van der Waals surface area (Å²) in [7, 11) is 1.48. The lowest BCUT2D eigenvalue weighted by Crippen LogP contribution is -2.33. The predicted octanol–water partition coefficient (Wildman–Crippen LogP) is 1.89. The first-order valence-corrected chi connectivity index (χ1v) is 5.60. The summed E-state index contributed by atoms with van der Waals surface area (Å²) in [6.45, 7) is 8.40. The van der Waals surface area contributed by atoms with Gasteiger partial charge in [0.1, 0.15) is 5.60 Å². The van der Waals surface area contributed by atoms with Crippen LogP contribution >= 0.6 is 0 Å². The Morgan fingerprint density at radius 3 is 2.12 bits per heavy atom. The van der Waals surface area contributed by atoms with E-state index in [9.17, 15) is 9.59 Å². The molecule has 0 aromatic carbocycles. The summed E-state index contributed by atoms with van der Waals surface area (Å²) < 4.78 is 15.2. The maximum atomic E-state index is 11.6. The predicted molar refractivity (Wildman–Crippen MR) is 62.2 cm³/mol. The normalized spacial score (nSPS) is 13.4. The Balaban J connectivity index is 4.29. The van der Waals surface area contributed by atoms with Gasteiger partial charge in [-0.2, -0.15) is 0 Å². The maximum absolute atomic E-state index is 11.6. The third-order valence-corrected chi connectivity index (χ3v) is 2.01. The van der Waals surface area contributed by atoms with Crippen LogP contribution in [0, 0.1) is 5.92 Å². The van der Waals surface area contributed by atoms with E-state index < -0.39 is 23.8 Å². The third kappa shape index (κ3) is 6.94. The average molecular weight is 246 g/mol. The highest BCUT2D eigenvalue weighted by molar-refractivity contribution is 5.72. The van der Waals surface area contributed by atoms with Crippen molar-refractivity contribution in [2.75, 3.05) is 7.11 Å². The quantitative estimate of drug-likeness (QED) is 0.529. The van der Waals surface area contributed by atoms with E-state index in [1.165, 1.54) is 14.0 Å². The summed E-state index contributed by atoms with van der Waals surface area (Å²) in [5.41, 5.74) is -0.863. The summed E-state index contributed by atoms with van der Waals surface area (Å²) in [4.78, 5) is 22.4. The van der Waals surface area contributed by atoms with Crippen LogP contribution in [0.25, 0.3) is 0 Å². The van der Waals surface area contributed by atoms with Gasteiger partial charge in [0.15, 0.2) is 0 Å². The van der Waals surface area contributed by atoms with Crippen molar-refractivity contribution in [2.24, 2.45) is 5.92 Å². The van der Waals surface area contributed by atoms with Crippen LogP contribution in [-0.4, -0.2) is 30.9 Å². The molecule has 0 heterocycles. The molecule has 0 aliphatic heterocycles. The topological polar surface area (TPSA) is 61.8 Å². The van der Waals surface area contributed by atoms with E-state index >= 15 is 0 Å². The Morgan fingerprint density at radius 1 is 1.24 bits per heavy atom. The number of esters is 2. The Labute approximate surface area is 102 Å². The molecule has 5 heteroatoms. The zero-order valence-electron chi connectivity index (χ0n) is 11.4. The van der Waals surface area contributed by atoms with E-state index in [-0.39, 0.29) is 12.3 Å². The van der Waals surface area contributed by atoms with Gasteiger partial charge in [0, 0.05) is 20.0 Å². The average Bonchev–Trinajstić information content (AvgIpc) is 2.10. The first kappa shape index (κ1) is 15.9. The van der Waals surface area contributed by atoms with E-state index in [2.05, 4.69) is 0 Å². The largest absolute Gasteiger partial charge is 0.459 e. The lowest BCUT2D eigenvalue weighted by Gasteiger charge is -2.25. The van der Waals surface area contributed by atoms with Crippen LogP contribution in [0.3, 0.4) is 0 Å². The van der Waals surface area contributed by atoms with Crippen LogP contribution in [0.2, 0.25) is 0 Å². The van der Waals surface area contributed by atoms with Crippen molar-refractivity contribution in [2.45, 2.75) is 52.9 Å². The Morgan fingerprint density at radius 2 is 1.76 bits per heavy atom. The Bertz CT molecular complexity index is 270. The van der Waals surface area contributed by atoms with Gasteiger partial charge in [0.2, 0.25) is 6.29 Å². The first-order valence-electron chi connectivity index (χ1n) is 5.60. The lowest BCUT2D eigenvalue weighted by molar-refractivity contribution is -0.187. The fraction of sp³-hybridized carbons (Fsp3) is 0.833. The van der Waals surface area contributed by atoms with Crippen LogP contribution in [0.5, 0.6) is 0 Å². The van der Waals surface area contributed by atoms with Gasteiger partial charge in [0.25, 0.3) is 0 Å². The SMILES string of the molecule is COC(OC(=O)CC(C)(C)OC(C)=O)C(C)C. The fourth-order valence-corrected chi connectivity index (χ4v) is 1.40. The molecule has 0 fully saturated rings. The zero-order valence-corrected chi connectivity index (χ0v) is 11.4. The van der Waals surface area contributed by atoms with Gasteiger partial charge >= 0.3 is 11.9 Å². The first-order chi connectivity index (χ1) is 7.68. The van der Waals surface area contributed by atoms with Crippen molar-refractivity contribution in [3.05, 3.63) is 0 Å². The number of rotatable bonds is 6. The Kier molecular flexibility index (Phi) is 6.16. The van der Waals surface area contributed by atoms with Crippen molar-refractivity contribution in [1.82, 2.24) is 0 Å². The molecule has 0 N–H and O–H groups in total. The van der Waals surface area contributed by atoms with Crippen LogP contribution in [0.1, 0.15) is 41.0 Å². The van der Waals surface area contributed by atoms with Crippen molar-refractivity contribution >= 4 is 11.9 Å². The summed E-state index contributed by atoms with van der Waals surface area (Å²) >= 11 is 0. The van der Waals surface area contributed by atoms with Gasteiger partial charge in [-0.3, -0.25) is 9.59 Å². The second-order valence-electron chi connectivity index (χ2n) is 4.87. The molecule has 0 bridgehead atoms. The molecule has 0 aromatic rings. The highest BCUT2D eigenvalue weighted by atomic mass is 16.7. The number of hydrogen-bond acceptors (Lipinski definition) is 5. The number of ether oxygens (including phenoxy) is 3. The monoisotopic (exact) mass is 246 g/mol. The van der Waals surface area contributed by atoms with Gasteiger partial charge < -0.3 is 14.2 Å². The highest BCUT2D eigenvalue weighted by Gasteiger charge is 2.28. The summed E-state index contributed by atoms with van der Waals surface area (Å²) in [6.07, 6.45) is -0.574. The minimum atomic E-state index is -0.863. The molecule has 0 aliphatic rings. The van der Waals surface area contributed by atoms with E-state index in [1.54, 1.807) is 13.8 Å². The van der Waals surface area contributed by atoms with Crippen molar-refractivity contribution in [1.29, 1.82) is 0 Å². The van der Waals surface area contributed by atoms with Gasteiger partial charge in [-0.05, 0) is 13.8 Å². The molecule has 1 unspecified atom stereocenters. The lowest BCUT2D eigenvalue weighted by atomic mass is 10.1. The molecule has 0 spiro atoms. The molecule has 0 radical (unpaired) electrons. The zero-order chi connectivity index (χ0) is 13.6. The van der Waals surface area contributed by atoms with Gasteiger partial charge in [-0.15, -0.1) is 0 Å². The number of carbonyl (C=O) groups is 2. The minimum absolute atomic E-state index is 0.000833. The molecule has 0 aliphatic carbocycles. The van der Waals surface area contributed by atoms with Crippen LogP contribution in [0.4, 0.5) is 0 Å². The van der Waals surface area contributed by atoms with Crippen LogP contribution in [0.15, 0.2) is 0 Å². The van der Waals surface area contributed by atoms with E-state index in [0.29, 0.717) is 0 Å². The van der Waals surface area contributed by atoms with Crippen LogP contribution < -0.4 is 0 Å². The standard InChI is InChI=1S/C12H22O5/c1-8(2)11(15-6)16-10(14)7-12(4,5)17-9(3)13/h8,11H,7H2,1-6H3. The van der Waals surface area contributed by atoms with Crippen molar-refractivity contribution in [3.8, 4) is 0 Å². The molecule has 0 amide bonds. The van der Waals surface area contributed by atoms with Gasteiger partial charge in [0.05, 0.1) is 6.42 Å². The highest BCUT2D eigenvalue weighted by Crippen LogP contribution is 2.17. The summed E-state index contributed by atoms with van der Waals surface area (Å²) in [5, 5.41) is 0. The number of methoxy groups -OCH3 is 1. The molecule has 0 rings (SSSR count). The fourth-order valence-electron chi connectivity index (χ4n) is 1.40. The van der Waals surface area contributed by atoms with Crippen LogP contribution in [-0.2, 0) is 23.8 Å². The maximum Gasteiger partial charge on any atom is 0.312 e. The van der Waals surface area contributed by atoms with Gasteiger partial charge in [-0.1, -0.05) is 13.8 Å². The molecular formula is C12H22O5. The molecule has 17 heavy (non-hydrogen) atoms. The summed E-state index contributed by atoms with van der Waals surface area (Å²) in [5.74, 6) is -0.799. The Hall–Kier alpha value is -1.10. The van der Waals surface area contributed by atoms with E-state index in [0.717, 1.165) is 0 Å². The van der Waals surface area contributed by atoms with E-state index in [4.69, 9.17) is 14.2 Å². The second-order valence-corrected chi connectivity index (χ2v) is 4.87. The molecule has 1 atom stereocenters. The molecule has 0 saturated heterocycles. The van der Waals surface area contributed by atoms with Crippen molar-refractivity contribution in [3.63, 3.8) is 0 Å². The molecular weight excluding hydrogens is 224 g/mol. The molecule has 0 saturated carbocycles. The minimum Gasteiger partial charge on any atom is -0.459 e. The third-order valence-electron chi connectivity index (χ3n) is 2.01. The number of hydrogen-bond donors (Lipinski definition) is 0.